The number of rotatable bonds is 3. The average molecular weight is 306 g/mol. The molecule has 2 heterocycles. The van der Waals surface area contributed by atoms with E-state index in [2.05, 4.69) is 10.3 Å². The second-order valence-corrected chi connectivity index (χ2v) is 5.31. The summed E-state index contributed by atoms with van der Waals surface area (Å²) in [6.45, 7) is 3.21. The highest BCUT2D eigenvalue weighted by molar-refractivity contribution is 5.78. The number of fused-ring (bicyclic) bond motifs is 1. The molecule has 0 spiro atoms. The summed E-state index contributed by atoms with van der Waals surface area (Å²) < 4.78 is 28.8. The van der Waals surface area contributed by atoms with Gasteiger partial charge in [0.1, 0.15) is 0 Å². The third kappa shape index (κ3) is 2.70. The molecule has 1 aliphatic heterocycles. The zero-order valence-electron chi connectivity index (χ0n) is 12.2. The van der Waals surface area contributed by atoms with Gasteiger partial charge < -0.3 is 4.90 Å². The molecule has 0 saturated heterocycles. The molecule has 1 amide bonds. The van der Waals surface area contributed by atoms with Gasteiger partial charge in [-0.2, -0.15) is 0 Å². The first kappa shape index (κ1) is 14.6. The SMILES string of the molecule is CCn1cc(CC(=O)N2CCc3ccc(F)c(F)c3C2)nn1. The number of aryl methyl sites for hydroxylation is 1. The van der Waals surface area contributed by atoms with Crippen LogP contribution in [0.3, 0.4) is 0 Å². The summed E-state index contributed by atoms with van der Waals surface area (Å²) >= 11 is 0. The van der Waals surface area contributed by atoms with Crippen molar-refractivity contribution in [2.45, 2.75) is 32.9 Å². The van der Waals surface area contributed by atoms with Gasteiger partial charge in [-0.3, -0.25) is 9.48 Å². The molecular formula is C15H16F2N4O. The molecule has 22 heavy (non-hydrogen) atoms. The van der Waals surface area contributed by atoms with E-state index in [-0.39, 0.29) is 24.4 Å². The van der Waals surface area contributed by atoms with Gasteiger partial charge in [0.05, 0.1) is 12.1 Å². The Hall–Kier alpha value is -2.31. The molecule has 7 heteroatoms. The summed E-state index contributed by atoms with van der Waals surface area (Å²) in [5.41, 5.74) is 1.62. The number of amides is 1. The number of nitrogens with zero attached hydrogens (tertiary/aromatic N) is 4. The fourth-order valence-corrected chi connectivity index (χ4v) is 2.62. The van der Waals surface area contributed by atoms with Crippen LogP contribution in [0.1, 0.15) is 23.7 Å². The van der Waals surface area contributed by atoms with E-state index < -0.39 is 11.6 Å². The van der Waals surface area contributed by atoms with Crippen LogP contribution < -0.4 is 0 Å². The van der Waals surface area contributed by atoms with Gasteiger partial charge in [0.25, 0.3) is 0 Å². The van der Waals surface area contributed by atoms with E-state index in [0.717, 1.165) is 11.6 Å². The quantitative estimate of drug-likeness (QED) is 0.867. The summed E-state index contributed by atoms with van der Waals surface area (Å²) in [5.74, 6) is -1.89. The molecule has 1 aromatic carbocycles. The summed E-state index contributed by atoms with van der Waals surface area (Å²) in [5, 5.41) is 7.81. The first-order valence-corrected chi connectivity index (χ1v) is 7.21. The standard InChI is InChI=1S/C15H16F2N4O/c1-2-21-8-11(18-19-21)7-14(22)20-6-5-10-3-4-13(16)15(17)12(10)9-20/h3-4,8H,2,5-7,9H2,1H3. The third-order valence-electron chi connectivity index (χ3n) is 3.89. The van der Waals surface area contributed by atoms with Crippen molar-refractivity contribution in [3.05, 3.63) is 46.8 Å². The maximum atomic E-state index is 13.9. The van der Waals surface area contributed by atoms with Crippen LogP contribution in [-0.2, 0) is 30.7 Å². The van der Waals surface area contributed by atoms with Gasteiger partial charge in [0, 0.05) is 31.4 Å². The molecule has 0 bridgehead atoms. The van der Waals surface area contributed by atoms with Gasteiger partial charge in [-0.05, 0) is 25.0 Å². The molecule has 2 aromatic rings. The summed E-state index contributed by atoms with van der Waals surface area (Å²) in [6, 6.07) is 2.72. The predicted molar refractivity (Wildman–Crippen MR) is 74.9 cm³/mol. The molecule has 0 atom stereocenters. The Balaban J connectivity index is 1.73. The van der Waals surface area contributed by atoms with Crippen molar-refractivity contribution < 1.29 is 13.6 Å². The van der Waals surface area contributed by atoms with Gasteiger partial charge >= 0.3 is 0 Å². The fourth-order valence-electron chi connectivity index (χ4n) is 2.62. The molecular weight excluding hydrogens is 290 g/mol. The van der Waals surface area contributed by atoms with Crippen molar-refractivity contribution in [2.75, 3.05) is 6.54 Å². The minimum absolute atomic E-state index is 0.0969. The van der Waals surface area contributed by atoms with Crippen molar-refractivity contribution in [1.29, 1.82) is 0 Å². The lowest BCUT2D eigenvalue weighted by Gasteiger charge is -2.29. The van der Waals surface area contributed by atoms with E-state index in [0.29, 0.717) is 25.2 Å². The maximum Gasteiger partial charge on any atom is 0.229 e. The van der Waals surface area contributed by atoms with Gasteiger partial charge in [-0.25, -0.2) is 8.78 Å². The molecule has 0 radical (unpaired) electrons. The Morgan fingerprint density at radius 1 is 1.36 bits per heavy atom. The Morgan fingerprint density at radius 2 is 2.18 bits per heavy atom. The van der Waals surface area contributed by atoms with Crippen molar-refractivity contribution in [2.24, 2.45) is 0 Å². The zero-order valence-corrected chi connectivity index (χ0v) is 12.2. The highest BCUT2D eigenvalue weighted by Gasteiger charge is 2.25. The molecule has 0 aliphatic carbocycles. The van der Waals surface area contributed by atoms with E-state index in [1.807, 2.05) is 6.92 Å². The van der Waals surface area contributed by atoms with Crippen LogP contribution in [0.2, 0.25) is 0 Å². The van der Waals surface area contributed by atoms with Gasteiger partial charge in [-0.1, -0.05) is 11.3 Å². The number of halogens is 2. The van der Waals surface area contributed by atoms with Crippen molar-refractivity contribution in [1.82, 2.24) is 19.9 Å². The van der Waals surface area contributed by atoms with Gasteiger partial charge in [0.2, 0.25) is 5.91 Å². The summed E-state index contributed by atoms with van der Waals surface area (Å²) in [7, 11) is 0. The number of benzene rings is 1. The van der Waals surface area contributed by atoms with Crippen molar-refractivity contribution >= 4 is 5.91 Å². The predicted octanol–water partition coefficient (Wildman–Crippen LogP) is 1.70. The summed E-state index contributed by atoms with van der Waals surface area (Å²) in [4.78, 5) is 13.8. The van der Waals surface area contributed by atoms with Crippen LogP contribution in [-0.4, -0.2) is 32.3 Å². The Labute approximate surface area is 126 Å². The van der Waals surface area contributed by atoms with E-state index in [4.69, 9.17) is 0 Å². The van der Waals surface area contributed by atoms with Crippen LogP contribution in [0.5, 0.6) is 0 Å². The van der Waals surface area contributed by atoms with Gasteiger partial charge in [-0.15, -0.1) is 5.10 Å². The average Bonchev–Trinajstić information content (AvgIpc) is 2.98. The number of carbonyl (C=O) groups is 1. The zero-order chi connectivity index (χ0) is 15.7. The molecule has 1 aromatic heterocycles. The molecule has 1 aliphatic rings. The van der Waals surface area contributed by atoms with Crippen LogP contribution in [0, 0.1) is 11.6 Å². The van der Waals surface area contributed by atoms with Crippen LogP contribution in [0.25, 0.3) is 0 Å². The van der Waals surface area contributed by atoms with E-state index in [9.17, 15) is 13.6 Å². The summed E-state index contributed by atoms with van der Waals surface area (Å²) in [6.07, 6.45) is 2.36. The maximum absolute atomic E-state index is 13.9. The van der Waals surface area contributed by atoms with Crippen LogP contribution in [0.4, 0.5) is 8.78 Å². The fraction of sp³-hybridized carbons (Fsp3) is 0.400. The highest BCUT2D eigenvalue weighted by atomic mass is 19.2. The topological polar surface area (TPSA) is 51.0 Å². The van der Waals surface area contributed by atoms with Gasteiger partial charge in [0.15, 0.2) is 11.6 Å². The monoisotopic (exact) mass is 306 g/mol. The van der Waals surface area contributed by atoms with Crippen LogP contribution in [0.15, 0.2) is 18.3 Å². The molecule has 0 N–H and O–H groups in total. The van der Waals surface area contributed by atoms with E-state index in [1.54, 1.807) is 16.9 Å². The van der Waals surface area contributed by atoms with E-state index >= 15 is 0 Å². The molecule has 3 rings (SSSR count). The number of aromatic nitrogens is 3. The Kier molecular flexibility index (Phi) is 3.87. The molecule has 116 valence electrons. The minimum Gasteiger partial charge on any atom is -0.338 e. The lowest BCUT2D eigenvalue weighted by molar-refractivity contribution is -0.131. The lowest BCUT2D eigenvalue weighted by atomic mass is 9.98. The highest BCUT2D eigenvalue weighted by Crippen LogP contribution is 2.24. The van der Waals surface area contributed by atoms with E-state index in [1.165, 1.54) is 4.90 Å². The molecule has 0 unspecified atom stereocenters. The van der Waals surface area contributed by atoms with Crippen molar-refractivity contribution in [3.8, 4) is 0 Å². The second-order valence-electron chi connectivity index (χ2n) is 5.31. The third-order valence-corrected chi connectivity index (χ3v) is 3.89. The smallest absolute Gasteiger partial charge is 0.229 e. The Bertz CT molecular complexity index is 714. The first-order chi connectivity index (χ1) is 10.6. The number of hydrogen-bond acceptors (Lipinski definition) is 3. The van der Waals surface area contributed by atoms with Crippen molar-refractivity contribution in [3.63, 3.8) is 0 Å². The minimum atomic E-state index is -0.876. The van der Waals surface area contributed by atoms with Crippen LogP contribution >= 0.6 is 0 Å². The first-order valence-electron chi connectivity index (χ1n) is 7.21. The molecule has 0 saturated carbocycles. The lowest BCUT2D eigenvalue weighted by Crippen LogP contribution is -2.37. The Morgan fingerprint density at radius 3 is 2.91 bits per heavy atom. The molecule has 0 fully saturated rings. The molecule has 5 nitrogen and oxygen atoms in total. The number of carbonyl (C=O) groups excluding carboxylic acids is 1. The largest absolute Gasteiger partial charge is 0.338 e. The normalized spacial score (nSPS) is 14.0. The second kappa shape index (κ2) is 5.82. The number of hydrogen-bond donors (Lipinski definition) is 0.